The monoisotopic (exact) mass is 266 g/mol. The van der Waals surface area contributed by atoms with Gasteiger partial charge in [0.15, 0.2) is 0 Å². The van der Waals surface area contributed by atoms with Crippen LogP contribution in [0.1, 0.15) is 19.8 Å². The van der Waals surface area contributed by atoms with Crippen molar-refractivity contribution in [2.75, 3.05) is 27.3 Å². The van der Waals surface area contributed by atoms with Crippen LogP contribution in [0.2, 0.25) is 0 Å². The number of methoxy groups -OCH3 is 2. The molecule has 1 fully saturated rings. The van der Waals surface area contributed by atoms with Gasteiger partial charge in [0.25, 0.3) is 5.91 Å². The van der Waals surface area contributed by atoms with E-state index in [0.29, 0.717) is 13.1 Å². The van der Waals surface area contributed by atoms with Crippen LogP contribution in [0, 0.1) is 0 Å². The first-order valence-electron chi connectivity index (χ1n) is 5.70. The standard InChI is InChI=1S/C11H22N2O3.ClH/c1-8(15-2)11(14)13-5-4-10(16-3)6-9(13)7-12;/h8-10H,4-7,12H2,1-3H3;1H. The van der Waals surface area contributed by atoms with E-state index in [0.717, 1.165) is 12.8 Å². The number of hydrogen-bond donors (Lipinski definition) is 1. The third kappa shape index (κ3) is 4.10. The fourth-order valence-corrected chi connectivity index (χ4v) is 2.08. The maximum Gasteiger partial charge on any atom is 0.251 e. The summed E-state index contributed by atoms with van der Waals surface area (Å²) in [5, 5.41) is 0. The van der Waals surface area contributed by atoms with Crippen molar-refractivity contribution < 1.29 is 14.3 Å². The molecule has 1 aliphatic heterocycles. The number of piperidine rings is 1. The molecule has 1 rings (SSSR count). The lowest BCUT2D eigenvalue weighted by Crippen LogP contribution is -2.53. The summed E-state index contributed by atoms with van der Waals surface area (Å²) in [6, 6.07) is 0.0730. The van der Waals surface area contributed by atoms with Crippen LogP contribution in [0.4, 0.5) is 0 Å². The normalized spacial score (nSPS) is 26.2. The Morgan fingerprint density at radius 3 is 2.65 bits per heavy atom. The predicted molar refractivity (Wildman–Crippen MR) is 68.3 cm³/mol. The third-order valence-corrected chi connectivity index (χ3v) is 3.26. The molecule has 17 heavy (non-hydrogen) atoms. The van der Waals surface area contributed by atoms with Gasteiger partial charge in [0, 0.05) is 33.4 Å². The smallest absolute Gasteiger partial charge is 0.251 e. The second kappa shape index (κ2) is 7.87. The lowest BCUT2D eigenvalue weighted by Gasteiger charge is -2.39. The van der Waals surface area contributed by atoms with Gasteiger partial charge in [-0.3, -0.25) is 4.79 Å². The van der Waals surface area contributed by atoms with Gasteiger partial charge in [-0.15, -0.1) is 12.4 Å². The van der Waals surface area contributed by atoms with Crippen LogP contribution in [0.15, 0.2) is 0 Å². The van der Waals surface area contributed by atoms with Crippen LogP contribution in [0.3, 0.4) is 0 Å². The van der Waals surface area contributed by atoms with Crippen molar-refractivity contribution in [3.8, 4) is 0 Å². The Hall–Kier alpha value is -0.360. The SMILES string of the molecule is COC1CCN(C(=O)C(C)OC)C(CN)C1.Cl. The zero-order valence-electron chi connectivity index (χ0n) is 10.7. The maximum absolute atomic E-state index is 12.0. The zero-order chi connectivity index (χ0) is 12.1. The van der Waals surface area contributed by atoms with Crippen molar-refractivity contribution >= 4 is 18.3 Å². The molecule has 102 valence electrons. The molecule has 0 aromatic rings. The lowest BCUT2D eigenvalue weighted by molar-refractivity contribution is -0.146. The highest BCUT2D eigenvalue weighted by Crippen LogP contribution is 2.20. The molecule has 3 atom stereocenters. The summed E-state index contributed by atoms with van der Waals surface area (Å²) in [5.74, 6) is 0.0208. The van der Waals surface area contributed by atoms with E-state index in [-0.39, 0.29) is 30.5 Å². The van der Waals surface area contributed by atoms with Gasteiger partial charge in [0.1, 0.15) is 6.10 Å². The van der Waals surface area contributed by atoms with Crippen LogP contribution in [0.5, 0.6) is 0 Å². The average Bonchev–Trinajstić information content (AvgIpc) is 2.35. The number of carbonyl (C=O) groups excluding carboxylic acids is 1. The van der Waals surface area contributed by atoms with E-state index in [9.17, 15) is 4.79 Å². The van der Waals surface area contributed by atoms with Gasteiger partial charge in [-0.25, -0.2) is 0 Å². The molecule has 1 heterocycles. The molecule has 0 saturated carbocycles. The first kappa shape index (κ1) is 16.6. The lowest BCUT2D eigenvalue weighted by atomic mass is 9.98. The Morgan fingerprint density at radius 2 is 2.18 bits per heavy atom. The fraction of sp³-hybridized carbons (Fsp3) is 0.909. The first-order valence-corrected chi connectivity index (χ1v) is 5.70. The minimum Gasteiger partial charge on any atom is -0.381 e. The number of rotatable bonds is 4. The summed E-state index contributed by atoms with van der Waals surface area (Å²) >= 11 is 0. The van der Waals surface area contributed by atoms with Gasteiger partial charge in [-0.05, 0) is 19.8 Å². The predicted octanol–water partition coefficient (Wildman–Crippen LogP) is 0.408. The highest BCUT2D eigenvalue weighted by molar-refractivity contribution is 5.85. The number of nitrogens with two attached hydrogens (primary N) is 1. The Bertz CT molecular complexity index is 241. The van der Waals surface area contributed by atoms with E-state index in [1.807, 2.05) is 4.90 Å². The second-order valence-corrected chi connectivity index (χ2v) is 4.18. The van der Waals surface area contributed by atoms with Crippen molar-refractivity contribution in [1.82, 2.24) is 4.90 Å². The molecule has 6 heteroatoms. The summed E-state index contributed by atoms with van der Waals surface area (Å²) in [6.45, 7) is 2.94. The molecule has 3 unspecified atom stereocenters. The van der Waals surface area contributed by atoms with Crippen LogP contribution >= 0.6 is 12.4 Å². The van der Waals surface area contributed by atoms with Crippen molar-refractivity contribution in [3.63, 3.8) is 0 Å². The summed E-state index contributed by atoms with van der Waals surface area (Å²) < 4.78 is 10.4. The zero-order valence-corrected chi connectivity index (χ0v) is 11.5. The average molecular weight is 267 g/mol. The largest absolute Gasteiger partial charge is 0.381 e. The van der Waals surface area contributed by atoms with E-state index >= 15 is 0 Å². The van der Waals surface area contributed by atoms with E-state index in [2.05, 4.69) is 0 Å². The topological polar surface area (TPSA) is 64.8 Å². The van der Waals surface area contributed by atoms with Gasteiger partial charge in [0.2, 0.25) is 0 Å². The number of nitrogens with zero attached hydrogens (tertiary/aromatic N) is 1. The van der Waals surface area contributed by atoms with Crippen LogP contribution in [0.25, 0.3) is 0 Å². The molecule has 1 amide bonds. The number of carbonyl (C=O) groups is 1. The number of hydrogen-bond acceptors (Lipinski definition) is 4. The van der Waals surface area contributed by atoms with Crippen LogP contribution in [-0.2, 0) is 14.3 Å². The molecule has 0 bridgehead atoms. The maximum atomic E-state index is 12.0. The molecule has 0 radical (unpaired) electrons. The molecular formula is C11H23ClN2O3. The molecule has 2 N–H and O–H groups in total. The number of ether oxygens (including phenoxy) is 2. The van der Waals surface area contributed by atoms with Gasteiger partial charge < -0.3 is 20.1 Å². The summed E-state index contributed by atoms with van der Waals surface area (Å²) in [7, 11) is 3.25. The van der Waals surface area contributed by atoms with Gasteiger partial charge in [-0.1, -0.05) is 0 Å². The number of halogens is 1. The Kier molecular flexibility index (Phi) is 7.70. The molecule has 1 saturated heterocycles. The van der Waals surface area contributed by atoms with Crippen LogP contribution < -0.4 is 5.73 Å². The highest BCUT2D eigenvalue weighted by atomic mass is 35.5. The Labute approximate surface area is 109 Å². The molecule has 5 nitrogen and oxygen atoms in total. The highest BCUT2D eigenvalue weighted by Gasteiger charge is 2.32. The molecule has 0 aromatic heterocycles. The molecule has 0 spiro atoms. The van der Waals surface area contributed by atoms with Crippen molar-refractivity contribution in [3.05, 3.63) is 0 Å². The summed E-state index contributed by atoms with van der Waals surface area (Å²) in [5.41, 5.74) is 5.70. The van der Waals surface area contributed by atoms with E-state index in [4.69, 9.17) is 15.2 Å². The third-order valence-electron chi connectivity index (χ3n) is 3.26. The minimum atomic E-state index is -0.395. The van der Waals surface area contributed by atoms with Crippen molar-refractivity contribution in [2.45, 2.75) is 38.0 Å². The fourth-order valence-electron chi connectivity index (χ4n) is 2.08. The van der Waals surface area contributed by atoms with Gasteiger partial charge in [0.05, 0.1) is 6.10 Å². The molecular weight excluding hydrogens is 244 g/mol. The van der Waals surface area contributed by atoms with E-state index < -0.39 is 6.10 Å². The van der Waals surface area contributed by atoms with Crippen molar-refractivity contribution in [2.24, 2.45) is 5.73 Å². The van der Waals surface area contributed by atoms with Crippen molar-refractivity contribution in [1.29, 1.82) is 0 Å². The van der Waals surface area contributed by atoms with Crippen LogP contribution in [-0.4, -0.2) is 56.4 Å². The first-order chi connectivity index (χ1) is 7.63. The molecule has 1 aliphatic rings. The van der Waals surface area contributed by atoms with Gasteiger partial charge in [-0.2, -0.15) is 0 Å². The number of likely N-dealkylation sites (tertiary alicyclic amines) is 1. The second-order valence-electron chi connectivity index (χ2n) is 4.18. The minimum absolute atomic E-state index is 0. The van der Waals surface area contributed by atoms with E-state index in [1.54, 1.807) is 21.1 Å². The summed E-state index contributed by atoms with van der Waals surface area (Å²) in [6.07, 6.45) is 1.51. The number of amides is 1. The molecule has 0 aliphatic carbocycles. The summed E-state index contributed by atoms with van der Waals surface area (Å²) in [4.78, 5) is 13.8. The Morgan fingerprint density at radius 1 is 1.53 bits per heavy atom. The van der Waals surface area contributed by atoms with E-state index in [1.165, 1.54) is 0 Å². The quantitative estimate of drug-likeness (QED) is 0.800. The molecule has 0 aromatic carbocycles. The van der Waals surface area contributed by atoms with Gasteiger partial charge >= 0.3 is 0 Å². The Balaban J connectivity index is 0.00000256.